The van der Waals surface area contributed by atoms with Gasteiger partial charge < -0.3 is 18.9 Å². The third-order valence-corrected chi connectivity index (χ3v) is 8.90. The van der Waals surface area contributed by atoms with Crippen molar-refractivity contribution in [2.24, 2.45) is 0 Å². The molecule has 7 rings (SSSR count). The predicted octanol–water partition coefficient (Wildman–Crippen LogP) is 4.18. The number of carbonyl (C=O) groups excluding carboxylic acids is 6. The van der Waals surface area contributed by atoms with Crippen LogP contribution < -0.4 is 0 Å². The molecule has 0 spiro atoms. The summed E-state index contributed by atoms with van der Waals surface area (Å²) in [7, 11) is 0. The number of rotatable bonds is 8. The minimum absolute atomic E-state index is 0.275. The van der Waals surface area contributed by atoms with Crippen molar-refractivity contribution in [3.05, 3.63) is 144 Å². The first kappa shape index (κ1) is 33.5. The van der Waals surface area contributed by atoms with Crippen LogP contribution in [0.3, 0.4) is 0 Å². The highest BCUT2D eigenvalue weighted by Crippen LogP contribution is 2.41. The molecule has 3 aliphatic rings. The van der Waals surface area contributed by atoms with Crippen LogP contribution in [0.1, 0.15) is 57.8 Å². The Morgan fingerprint density at radius 3 is 1.18 bits per heavy atom. The van der Waals surface area contributed by atoms with Crippen LogP contribution in [0.15, 0.2) is 121 Å². The van der Waals surface area contributed by atoms with Crippen molar-refractivity contribution >= 4 is 35.6 Å². The third kappa shape index (κ3) is 6.19. The van der Waals surface area contributed by atoms with Gasteiger partial charge in [0, 0.05) is 11.1 Å². The van der Waals surface area contributed by atoms with Gasteiger partial charge in [0.2, 0.25) is 12.2 Å². The topological polar surface area (TPSA) is 146 Å². The average molecular weight is 689 g/mol. The van der Waals surface area contributed by atoms with E-state index >= 15 is 0 Å². The van der Waals surface area contributed by atoms with Crippen LogP contribution in [0.4, 0.5) is 0 Å². The van der Waals surface area contributed by atoms with Crippen LogP contribution in [-0.2, 0) is 38.1 Å². The summed E-state index contributed by atoms with van der Waals surface area (Å²) >= 11 is 0. The number of hydrogen-bond donors (Lipinski definition) is 0. The smallest absolute Gasteiger partial charge is 0.339 e. The van der Waals surface area contributed by atoms with Crippen molar-refractivity contribution in [1.29, 1.82) is 0 Å². The maximum absolute atomic E-state index is 13.7. The fourth-order valence-electron chi connectivity index (χ4n) is 6.49. The monoisotopic (exact) mass is 688 g/mol. The standard InChI is InChI=1S/C39H32N2O10/c1-39(2)50-31(37(46)48-29-27(23-15-7-3-8-16-23)40(35(29)44)33(42)25-19-11-5-12-20-25)32(51-39)38(47)49-30-28(24-17-9-4-10-18-24)41(36(30)45)34(43)26-21-13-6-14-22-26/h3-22,27-32H,1-2H3/t27?,28?,29-,30?,31+,32-/m1/s1. The van der Waals surface area contributed by atoms with Gasteiger partial charge in [-0.2, -0.15) is 0 Å². The number of imide groups is 2. The van der Waals surface area contributed by atoms with E-state index in [1.807, 2.05) is 0 Å². The van der Waals surface area contributed by atoms with Gasteiger partial charge in [-0.05, 0) is 49.2 Å². The average Bonchev–Trinajstić information content (AvgIpc) is 3.49. The number of nitrogens with zero attached hydrogens (tertiary/aromatic N) is 2. The highest BCUT2D eigenvalue weighted by atomic mass is 16.8. The summed E-state index contributed by atoms with van der Waals surface area (Å²) in [5.41, 5.74) is 1.64. The molecule has 3 saturated heterocycles. The molecule has 3 aliphatic heterocycles. The summed E-state index contributed by atoms with van der Waals surface area (Å²) in [4.78, 5) is 83.1. The molecule has 12 heteroatoms. The van der Waals surface area contributed by atoms with E-state index in [2.05, 4.69) is 0 Å². The fraction of sp³-hybridized carbons (Fsp3) is 0.231. The fourth-order valence-corrected chi connectivity index (χ4v) is 6.49. The van der Waals surface area contributed by atoms with Gasteiger partial charge in [-0.1, -0.05) is 97.1 Å². The quantitative estimate of drug-likeness (QED) is 0.150. The number of hydrogen-bond acceptors (Lipinski definition) is 10. The second-order valence-electron chi connectivity index (χ2n) is 12.7. The first-order valence-corrected chi connectivity index (χ1v) is 16.3. The number of esters is 2. The molecule has 0 radical (unpaired) electrons. The lowest BCUT2D eigenvalue weighted by molar-refractivity contribution is -0.190. The lowest BCUT2D eigenvalue weighted by Gasteiger charge is -2.45. The van der Waals surface area contributed by atoms with E-state index in [0.717, 1.165) is 9.80 Å². The highest BCUT2D eigenvalue weighted by molar-refractivity contribution is 6.12. The molecular formula is C39H32N2O10. The van der Waals surface area contributed by atoms with Crippen LogP contribution in [0.2, 0.25) is 0 Å². The first-order valence-electron chi connectivity index (χ1n) is 16.3. The van der Waals surface area contributed by atoms with Crippen molar-refractivity contribution < 1.29 is 47.7 Å². The summed E-state index contributed by atoms with van der Waals surface area (Å²) in [6.45, 7) is 2.95. The van der Waals surface area contributed by atoms with Gasteiger partial charge in [0.05, 0.1) is 0 Å². The Balaban J connectivity index is 1.10. The predicted molar refractivity (Wildman–Crippen MR) is 177 cm³/mol. The molecule has 3 unspecified atom stereocenters. The van der Waals surface area contributed by atoms with Crippen LogP contribution in [0, 0.1) is 0 Å². The number of carbonyl (C=O) groups is 6. The molecule has 51 heavy (non-hydrogen) atoms. The Bertz CT molecular complexity index is 1840. The van der Waals surface area contributed by atoms with Gasteiger partial charge in [-0.15, -0.1) is 0 Å². The van der Waals surface area contributed by atoms with Gasteiger partial charge in [-0.3, -0.25) is 29.0 Å². The summed E-state index contributed by atoms with van der Waals surface area (Å²) in [6, 6.07) is 31.8. The summed E-state index contributed by atoms with van der Waals surface area (Å²) in [5.74, 6) is -6.31. The highest BCUT2D eigenvalue weighted by Gasteiger charge is 2.59. The van der Waals surface area contributed by atoms with E-state index in [-0.39, 0.29) is 11.1 Å². The molecule has 258 valence electrons. The van der Waals surface area contributed by atoms with E-state index in [4.69, 9.17) is 18.9 Å². The van der Waals surface area contributed by atoms with Crippen LogP contribution in [0.25, 0.3) is 0 Å². The minimum atomic E-state index is -1.69. The van der Waals surface area contributed by atoms with Crippen molar-refractivity contribution in [2.45, 2.75) is 56.1 Å². The summed E-state index contributed by atoms with van der Waals surface area (Å²) < 4.78 is 22.9. The SMILES string of the molecule is CC1(C)O[C@H](C(=O)O[C@H]2C(=O)N(C(=O)c3ccccc3)C2c2ccccc2)[C@H](C(=O)OC2C(=O)N(C(=O)c3ccccc3)C2c2ccccc2)O1. The van der Waals surface area contributed by atoms with Crippen LogP contribution in [-0.4, -0.2) is 75.6 Å². The largest absolute Gasteiger partial charge is 0.448 e. The number of amides is 4. The Kier molecular flexibility index (Phi) is 8.79. The molecule has 4 amide bonds. The zero-order valence-corrected chi connectivity index (χ0v) is 27.5. The zero-order chi connectivity index (χ0) is 35.9. The molecule has 6 atom stereocenters. The lowest BCUT2D eigenvalue weighted by Crippen LogP contribution is -2.63. The second-order valence-corrected chi connectivity index (χ2v) is 12.7. The Morgan fingerprint density at radius 1 is 0.529 bits per heavy atom. The van der Waals surface area contributed by atoms with Crippen molar-refractivity contribution in [2.75, 3.05) is 0 Å². The normalized spacial score (nSPS) is 25.0. The molecule has 0 bridgehead atoms. The van der Waals surface area contributed by atoms with Gasteiger partial charge >= 0.3 is 11.9 Å². The molecular weight excluding hydrogens is 656 g/mol. The molecule has 4 aromatic rings. The number of likely N-dealkylation sites (tertiary alicyclic amines) is 2. The maximum Gasteiger partial charge on any atom is 0.339 e. The molecule has 3 heterocycles. The number of benzene rings is 4. The van der Waals surface area contributed by atoms with Crippen molar-refractivity contribution in [3.8, 4) is 0 Å². The molecule has 0 aliphatic carbocycles. The Labute approximate surface area is 292 Å². The summed E-state index contributed by atoms with van der Waals surface area (Å²) in [6.07, 6.45) is -6.21. The minimum Gasteiger partial charge on any atom is -0.448 e. The summed E-state index contributed by atoms with van der Waals surface area (Å²) in [5, 5.41) is 0. The van der Waals surface area contributed by atoms with Crippen molar-refractivity contribution in [3.63, 3.8) is 0 Å². The van der Waals surface area contributed by atoms with Crippen LogP contribution >= 0.6 is 0 Å². The van der Waals surface area contributed by atoms with E-state index in [1.165, 1.54) is 13.8 Å². The Morgan fingerprint density at radius 2 is 0.843 bits per heavy atom. The maximum atomic E-state index is 13.7. The number of ether oxygens (including phenoxy) is 4. The van der Waals surface area contributed by atoms with Crippen molar-refractivity contribution in [1.82, 2.24) is 9.80 Å². The van der Waals surface area contributed by atoms with Gasteiger partial charge in [0.1, 0.15) is 12.1 Å². The molecule has 0 aromatic heterocycles. The molecule has 0 saturated carbocycles. The van der Waals surface area contributed by atoms with Gasteiger partial charge in [0.25, 0.3) is 23.6 Å². The van der Waals surface area contributed by atoms with E-state index in [9.17, 15) is 28.8 Å². The van der Waals surface area contributed by atoms with Gasteiger partial charge in [-0.25, -0.2) is 9.59 Å². The van der Waals surface area contributed by atoms with E-state index in [1.54, 1.807) is 121 Å². The lowest BCUT2D eigenvalue weighted by atomic mass is 9.89. The molecule has 12 nitrogen and oxygen atoms in total. The van der Waals surface area contributed by atoms with Crippen LogP contribution in [0.5, 0.6) is 0 Å². The van der Waals surface area contributed by atoms with E-state index in [0.29, 0.717) is 11.1 Å². The molecule has 0 N–H and O–H groups in total. The molecule has 3 fully saturated rings. The zero-order valence-electron chi connectivity index (χ0n) is 27.5. The second kappa shape index (κ2) is 13.4. The first-order chi connectivity index (χ1) is 24.6. The third-order valence-electron chi connectivity index (χ3n) is 8.90. The Hall–Kier alpha value is -5.98. The van der Waals surface area contributed by atoms with Gasteiger partial charge in [0.15, 0.2) is 18.0 Å². The number of β-lactam (4-membered cyclic amide) rings is 2. The molecule has 4 aromatic carbocycles. The van der Waals surface area contributed by atoms with E-state index < -0.39 is 77.9 Å².